The van der Waals surface area contributed by atoms with E-state index in [9.17, 15) is 10.1 Å². The standard InChI is InChI=1S/C12H21N5O2S/c1-4-12(5-2,20-3)8-14-11-9(17(18)19)6-7-10(15-11)16-13/h6-7H,4-5,8,13H2,1-3H3,(H2,14,15,16). The van der Waals surface area contributed by atoms with Gasteiger partial charge in [-0.2, -0.15) is 11.8 Å². The van der Waals surface area contributed by atoms with Crippen LogP contribution in [0.3, 0.4) is 0 Å². The van der Waals surface area contributed by atoms with Gasteiger partial charge in [-0.3, -0.25) is 10.1 Å². The van der Waals surface area contributed by atoms with Crippen LogP contribution >= 0.6 is 11.8 Å². The van der Waals surface area contributed by atoms with Crippen LogP contribution in [0.4, 0.5) is 17.3 Å². The first-order chi connectivity index (χ1) is 9.51. The number of hydrogen-bond donors (Lipinski definition) is 3. The van der Waals surface area contributed by atoms with Crippen molar-refractivity contribution in [3.8, 4) is 0 Å². The number of aromatic nitrogens is 1. The number of pyridine rings is 1. The second-order valence-corrected chi connectivity index (χ2v) is 5.69. The molecule has 7 nitrogen and oxygen atoms in total. The van der Waals surface area contributed by atoms with Gasteiger partial charge < -0.3 is 10.7 Å². The Balaban J connectivity index is 2.98. The molecule has 112 valence electrons. The summed E-state index contributed by atoms with van der Waals surface area (Å²) < 4.78 is 0.0433. The van der Waals surface area contributed by atoms with Crippen LogP contribution in [-0.4, -0.2) is 27.5 Å². The highest BCUT2D eigenvalue weighted by molar-refractivity contribution is 8.00. The van der Waals surface area contributed by atoms with Gasteiger partial charge in [0.05, 0.1) is 4.92 Å². The lowest BCUT2D eigenvalue weighted by molar-refractivity contribution is -0.384. The van der Waals surface area contributed by atoms with E-state index < -0.39 is 4.92 Å². The van der Waals surface area contributed by atoms with Crippen LogP contribution < -0.4 is 16.6 Å². The molecule has 0 radical (unpaired) electrons. The summed E-state index contributed by atoms with van der Waals surface area (Å²) >= 11 is 1.76. The number of hydrazine groups is 1. The van der Waals surface area contributed by atoms with Crippen molar-refractivity contribution in [1.29, 1.82) is 0 Å². The zero-order chi connectivity index (χ0) is 15.2. The molecule has 0 atom stereocenters. The first kappa shape index (κ1) is 16.5. The van der Waals surface area contributed by atoms with Crippen molar-refractivity contribution in [1.82, 2.24) is 4.98 Å². The number of hydrogen-bond acceptors (Lipinski definition) is 7. The molecule has 20 heavy (non-hydrogen) atoms. The maximum Gasteiger partial charge on any atom is 0.311 e. The van der Waals surface area contributed by atoms with E-state index in [2.05, 4.69) is 29.6 Å². The van der Waals surface area contributed by atoms with Gasteiger partial charge in [0.25, 0.3) is 0 Å². The average Bonchev–Trinajstić information content (AvgIpc) is 2.48. The van der Waals surface area contributed by atoms with E-state index in [4.69, 9.17) is 5.84 Å². The smallest absolute Gasteiger partial charge is 0.311 e. The minimum absolute atomic E-state index is 0.0433. The SMILES string of the molecule is CCC(CC)(CNc1nc(NN)ccc1[N+](=O)[O-])SC. The number of rotatable bonds is 8. The van der Waals surface area contributed by atoms with Crippen molar-refractivity contribution in [3.63, 3.8) is 0 Å². The fourth-order valence-electron chi connectivity index (χ4n) is 1.92. The molecule has 0 spiro atoms. The topological polar surface area (TPSA) is 106 Å². The maximum absolute atomic E-state index is 11.0. The second-order valence-electron chi connectivity index (χ2n) is 4.41. The summed E-state index contributed by atoms with van der Waals surface area (Å²) in [7, 11) is 0. The van der Waals surface area contributed by atoms with Crippen LogP contribution in [0.1, 0.15) is 26.7 Å². The van der Waals surface area contributed by atoms with E-state index in [1.807, 2.05) is 6.26 Å². The molecular weight excluding hydrogens is 278 g/mol. The van der Waals surface area contributed by atoms with Gasteiger partial charge in [0.1, 0.15) is 5.82 Å². The van der Waals surface area contributed by atoms with Crippen LogP contribution in [0.5, 0.6) is 0 Å². The van der Waals surface area contributed by atoms with Crippen molar-refractivity contribution in [3.05, 3.63) is 22.2 Å². The fourth-order valence-corrected chi connectivity index (χ4v) is 2.71. The highest BCUT2D eigenvalue weighted by atomic mass is 32.2. The van der Waals surface area contributed by atoms with E-state index in [0.717, 1.165) is 12.8 Å². The van der Waals surface area contributed by atoms with Crippen molar-refractivity contribution < 1.29 is 4.92 Å². The molecular formula is C12H21N5O2S. The Labute approximate surface area is 122 Å². The molecule has 0 amide bonds. The molecule has 0 saturated carbocycles. The van der Waals surface area contributed by atoms with Gasteiger partial charge in [0.15, 0.2) is 0 Å². The summed E-state index contributed by atoms with van der Waals surface area (Å²) in [6.45, 7) is 4.84. The Bertz CT molecular complexity index is 457. The fraction of sp³-hybridized carbons (Fsp3) is 0.583. The zero-order valence-corrected chi connectivity index (χ0v) is 12.8. The number of anilines is 2. The van der Waals surface area contributed by atoms with Crippen molar-refractivity contribution in [2.75, 3.05) is 23.5 Å². The predicted octanol–water partition coefficient (Wildman–Crippen LogP) is 2.61. The first-order valence-corrected chi connectivity index (χ1v) is 7.65. The molecule has 0 unspecified atom stereocenters. The third-order valence-electron chi connectivity index (χ3n) is 3.52. The number of nitro groups is 1. The summed E-state index contributed by atoms with van der Waals surface area (Å²) in [6.07, 6.45) is 4.00. The van der Waals surface area contributed by atoms with E-state index in [1.165, 1.54) is 12.1 Å². The molecule has 0 fully saturated rings. The molecule has 1 aromatic rings. The first-order valence-electron chi connectivity index (χ1n) is 6.43. The normalized spacial score (nSPS) is 11.2. The van der Waals surface area contributed by atoms with Gasteiger partial charge in [-0.1, -0.05) is 13.8 Å². The van der Waals surface area contributed by atoms with Gasteiger partial charge in [-0.05, 0) is 25.2 Å². The molecule has 0 saturated heterocycles. The van der Waals surface area contributed by atoms with E-state index >= 15 is 0 Å². The van der Waals surface area contributed by atoms with Crippen LogP contribution in [0, 0.1) is 10.1 Å². The number of nitrogens with two attached hydrogens (primary N) is 1. The number of thioether (sulfide) groups is 1. The highest BCUT2D eigenvalue weighted by Gasteiger charge is 2.26. The Morgan fingerprint density at radius 1 is 1.45 bits per heavy atom. The van der Waals surface area contributed by atoms with Gasteiger partial charge in [-0.15, -0.1) is 0 Å². The molecule has 1 aromatic heterocycles. The van der Waals surface area contributed by atoms with Gasteiger partial charge >= 0.3 is 5.69 Å². The summed E-state index contributed by atoms with van der Waals surface area (Å²) in [6, 6.07) is 2.87. The van der Waals surface area contributed by atoms with Crippen LogP contribution in [0.2, 0.25) is 0 Å². The Kier molecular flexibility index (Phi) is 6.03. The van der Waals surface area contributed by atoms with Gasteiger partial charge in [0.2, 0.25) is 5.82 Å². The lowest BCUT2D eigenvalue weighted by Crippen LogP contribution is -2.32. The van der Waals surface area contributed by atoms with E-state index in [-0.39, 0.29) is 16.3 Å². The predicted molar refractivity (Wildman–Crippen MR) is 84.0 cm³/mol. The molecule has 0 aliphatic carbocycles. The minimum atomic E-state index is -0.450. The maximum atomic E-state index is 11.0. The van der Waals surface area contributed by atoms with Crippen molar-refractivity contribution in [2.24, 2.45) is 5.84 Å². The lowest BCUT2D eigenvalue weighted by atomic mass is 10.0. The molecule has 0 bridgehead atoms. The van der Waals surface area contributed by atoms with E-state index in [0.29, 0.717) is 12.4 Å². The monoisotopic (exact) mass is 299 g/mol. The van der Waals surface area contributed by atoms with Crippen molar-refractivity contribution >= 4 is 29.1 Å². The molecule has 1 rings (SSSR count). The van der Waals surface area contributed by atoms with Crippen LogP contribution in [0.15, 0.2) is 12.1 Å². The lowest BCUT2D eigenvalue weighted by Gasteiger charge is -2.29. The number of nitrogens with one attached hydrogen (secondary N) is 2. The minimum Gasteiger partial charge on any atom is -0.363 e. The molecule has 0 aliphatic rings. The summed E-state index contributed by atoms with van der Waals surface area (Å²) in [5.74, 6) is 5.92. The van der Waals surface area contributed by atoms with Crippen LogP contribution in [0.25, 0.3) is 0 Å². The molecule has 0 aliphatic heterocycles. The quantitative estimate of drug-likeness (QED) is 0.385. The zero-order valence-electron chi connectivity index (χ0n) is 12.0. The summed E-state index contributed by atoms with van der Waals surface area (Å²) in [4.78, 5) is 14.7. The van der Waals surface area contributed by atoms with Gasteiger partial charge in [0, 0.05) is 17.4 Å². The summed E-state index contributed by atoms with van der Waals surface area (Å²) in [5, 5.41) is 14.1. The average molecular weight is 299 g/mol. The third-order valence-corrected chi connectivity index (χ3v) is 5.11. The molecule has 4 N–H and O–H groups in total. The third kappa shape index (κ3) is 3.73. The van der Waals surface area contributed by atoms with E-state index in [1.54, 1.807) is 11.8 Å². The number of nitrogens with zero attached hydrogens (tertiary/aromatic N) is 2. The highest BCUT2D eigenvalue weighted by Crippen LogP contribution is 2.32. The Morgan fingerprint density at radius 2 is 2.10 bits per heavy atom. The largest absolute Gasteiger partial charge is 0.363 e. The second kappa shape index (κ2) is 7.30. The Hall–Kier alpha value is -1.54. The molecule has 1 heterocycles. The molecule has 0 aromatic carbocycles. The van der Waals surface area contributed by atoms with Crippen LogP contribution in [-0.2, 0) is 0 Å². The number of nitrogen functional groups attached to an aromatic ring is 1. The summed E-state index contributed by atoms with van der Waals surface area (Å²) in [5.41, 5.74) is 2.34. The van der Waals surface area contributed by atoms with Crippen molar-refractivity contribution in [2.45, 2.75) is 31.4 Å². The Morgan fingerprint density at radius 3 is 2.55 bits per heavy atom. The molecule has 8 heteroatoms. The van der Waals surface area contributed by atoms with Gasteiger partial charge in [-0.25, -0.2) is 10.8 Å².